The molecule has 1 saturated heterocycles. The van der Waals surface area contributed by atoms with Gasteiger partial charge < -0.3 is 23.7 Å². The second-order valence-electron chi connectivity index (χ2n) is 7.36. The molecule has 170 valence electrons. The highest BCUT2D eigenvalue weighted by Crippen LogP contribution is 2.45. The predicted molar refractivity (Wildman–Crippen MR) is 121 cm³/mol. The number of aliphatic hydroxyl groups is 1. The zero-order valence-corrected chi connectivity index (χ0v) is 18.6. The van der Waals surface area contributed by atoms with Crippen LogP contribution in [0.1, 0.15) is 23.1 Å². The molecular weight excluding hydrogens is 426 g/mol. The Hall–Kier alpha value is -4.20. The fourth-order valence-electron chi connectivity index (χ4n) is 3.95. The highest BCUT2D eigenvalue weighted by atomic mass is 16.5. The lowest BCUT2D eigenvalue weighted by atomic mass is 9.98. The summed E-state index contributed by atoms with van der Waals surface area (Å²) in [6.45, 7) is 1.75. The average Bonchev–Trinajstić information content (AvgIpc) is 3.38. The minimum Gasteiger partial charge on any atom is -0.506 e. The van der Waals surface area contributed by atoms with E-state index in [0.717, 1.165) is 0 Å². The molecular formula is C25H23NO7. The molecule has 2 aromatic carbocycles. The number of nitrogens with zero attached hydrogens (tertiary/aromatic N) is 1. The van der Waals surface area contributed by atoms with E-state index in [1.54, 1.807) is 61.5 Å². The van der Waals surface area contributed by atoms with Gasteiger partial charge in [0.2, 0.25) is 0 Å². The molecule has 1 aliphatic rings. The number of hydrogen-bond acceptors (Lipinski definition) is 7. The SMILES string of the molecule is COc1cccc(N2C(=O)C(=O)/C(=C(/O)c3c(OC)cccc3OC)C2c2ccc(C)o2)c1. The molecule has 3 aromatic rings. The summed E-state index contributed by atoms with van der Waals surface area (Å²) >= 11 is 0. The van der Waals surface area contributed by atoms with Gasteiger partial charge in [-0.1, -0.05) is 12.1 Å². The number of amides is 1. The molecule has 8 heteroatoms. The highest BCUT2D eigenvalue weighted by Gasteiger charge is 2.49. The molecule has 1 unspecified atom stereocenters. The van der Waals surface area contributed by atoms with Crippen molar-refractivity contribution in [2.24, 2.45) is 0 Å². The molecule has 1 amide bonds. The van der Waals surface area contributed by atoms with Crippen LogP contribution in [0, 0.1) is 6.92 Å². The summed E-state index contributed by atoms with van der Waals surface area (Å²) in [7, 11) is 4.39. The lowest BCUT2D eigenvalue weighted by molar-refractivity contribution is -0.132. The molecule has 2 heterocycles. The summed E-state index contributed by atoms with van der Waals surface area (Å²) in [6, 6.07) is 14.1. The van der Waals surface area contributed by atoms with Crippen LogP contribution < -0.4 is 19.1 Å². The Morgan fingerprint density at radius 3 is 2.18 bits per heavy atom. The highest BCUT2D eigenvalue weighted by molar-refractivity contribution is 6.51. The van der Waals surface area contributed by atoms with Crippen LogP contribution in [0.2, 0.25) is 0 Å². The molecule has 1 atom stereocenters. The lowest BCUT2D eigenvalue weighted by Gasteiger charge is -2.24. The van der Waals surface area contributed by atoms with E-state index in [-0.39, 0.29) is 22.6 Å². The Kier molecular flexibility index (Phi) is 5.83. The topological polar surface area (TPSA) is 98.4 Å². The molecule has 0 spiro atoms. The number of aryl methyl sites for hydroxylation is 1. The molecule has 0 radical (unpaired) electrons. The van der Waals surface area contributed by atoms with Gasteiger partial charge in [-0.05, 0) is 43.3 Å². The molecule has 33 heavy (non-hydrogen) atoms. The van der Waals surface area contributed by atoms with Crippen molar-refractivity contribution in [3.05, 3.63) is 77.3 Å². The van der Waals surface area contributed by atoms with Crippen LogP contribution in [0.3, 0.4) is 0 Å². The lowest BCUT2D eigenvalue weighted by Crippen LogP contribution is -2.29. The number of methoxy groups -OCH3 is 3. The number of carbonyl (C=O) groups is 2. The largest absolute Gasteiger partial charge is 0.506 e. The third-order valence-electron chi connectivity index (χ3n) is 5.47. The van der Waals surface area contributed by atoms with Gasteiger partial charge in [-0.25, -0.2) is 0 Å². The Balaban J connectivity index is 2.00. The number of aliphatic hydroxyl groups excluding tert-OH is 1. The molecule has 0 aliphatic carbocycles. The first-order valence-electron chi connectivity index (χ1n) is 10.1. The Bertz CT molecular complexity index is 1230. The van der Waals surface area contributed by atoms with Crippen LogP contribution in [0.5, 0.6) is 17.2 Å². The van der Waals surface area contributed by atoms with Crippen LogP contribution >= 0.6 is 0 Å². The van der Waals surface area contributed by atoms with E-state index in [0.29, 0.717) is 23.0 Å². The Morgan fingerprint density at radius 1 is 0.939 bits per heavy atom. The van der Waals surface area contributed by atoms with E-state index in [1.807, 2.05) is 0 Å². The van der Waals surface area contributed by atoms with Gasteiger partial charge in [-0.15, -0.1) is 0 Å². The van der Waals surface area contributed by atoms with Crippen molar-refractivity contribution >= 4 is 23.1 Å². The fourth-order valence-corrected chi connectivity index (χ4v) is 3.95. The first-order chi connectivity index (χ1) is 15.9. The number of furan rings is 1. The van der Waals surface area contributed by atoms with Crippen molar-refractivity contribution in [3.8, 4) is 17.2 Å². The van der Waals surface area contributed by atoms with Crippen LogP contribution in [0.25, 0.3) is 5.76 Å². The number of rotatable bonds is 6. The Labute approximate surface area is 190 Å². The van der Waals surface area contributed by atoms with Gasteiger partial charge in [0.1, 0.15) is 46.1 Å². The first kappa shape index (κ1) is 22.0. The fraction of sp³-hybridized carbons (Fsp3) is 0.200. The first-order valence-corrected chi connectivity index (χ1v) is 10.1. The van der Waals surface area contributed by atoms with Crippen molar-refractivity contribution in [1.29, 1.82) is 0 Å². The van der Waals surface area contributed by atoms with E-state index in [9.17, 15) is 14.7 Å². The average molecular weight is 449 g/mol. The van der Waals surface area contributed by atoms with Crippen LogP contribution in [0.4, 0.5) is 5.69 Å². The van der Waals surface area contributed by atoms with Crippen molar-refractivity contribution < 1.29 is 33.3 Å². The maximum absolute atomic E-state index is 13.3. The summed E-state index contributed by atoms with van der Waals surface area (Å²) < 4.78 is 21.9. The molecule has 4 rings (SSSR count). The summed E-state index contributed by atoms with van der Waals surface area (Å²) in [5.74, 6) is -0.0917. The predicted octanol–water partition coefficient (Wildman–Crippen LogP) is 4.24. The number of Topliss-reactive ketones (excluding diaryl/α,β-unsaturated/α-hetero) is 1. The van der Waals surface area contributed by atoms with E-state index in [4.69, 9.17) is 18.6 Å². The van der Waals surface area contributed by atoms with Gasteiger partial charge in [0.25, 0.3) is 11.7 Å². The van der Waals surface area contributed by atoms with Crippen molar-refractivity contribution in [3.63, 3.8) is 0 Å². The van der Waals surface area contributed by atoms with Crippen molar-refractivity contribution in [1.82, 2.24) is 0 Å². The number of carbonyl (C=O) groups excluding carboxylic acids is 2. The number of hydrogen-bond donors (Lipinski definition) is 1. The summed E-state index contributed by atoms with van der Waals surface area (Å²) in [6.07, 6.45) is 0. The van der Waals surface area contributed by atoms with Gasteiger partial charge in [0.05, 0.1) is 26.9 Å². The summed E-state index contributed by atoms with van der Waals surface area (Å²) in [5, 5.41) is 11.4. The maximum atomic E-state index is 13.3. The quantitative estimate of drug-likeness (QED) is 0.341. The van der Waals surface area contributed by atoms with Gasteiger partial charge in [0.15, 0.2) is 0 Å². The van der Waals surface area contributed by atoms with Crippen molar-refractivity contribution in [2.45, 2.75) is 13.0 Å². The smallest absolute Gasteiger partial charge is 0.300 e. The second kappa shape index (κ2) is 8.74. The zero-order chi connectivity index (χ0) is 23.7. The minimum absolute atomic E-state index is 0.139. The van der Waals surface area contributed by atoms with Gasteiger partial charge in [-0.2, -0.15) is 0 Å². The maximum Gasteiger partial charge on any atom is 0.300 e. The van der Waals surface area contributed by atoms with Gasteiger partial charge in [0, 0.05) is 11.8 Å². The molecule has 8 nitrogen and oxygen atoms in total. The minimum atomic E-state index is -1.01. The molecule has 1 fully saturated rings. The van der Waals surface area contributed by atoms with Crippen LogP contribution in [0.15, 0.2) is 64.6 Å². The molecule has 1 N–H and O–H groups in total. The van der Waals surface area contributed by atoms with E-state index in [1.165, 1.54) is 26.2 Å². The normalized spacial score (nSPS) is 17.3. The monoisotopic (exact) mass is 449 g/mol. The van der Waals surface area contributed by atoms with E-state index in [2.05, 4.69) is 0 Å². The Morgan fingerprint density at radius 2 is 1.61 bits per heavy atom. The number of anilines is 1. The van der Waals surface area contributed by atoms with Crippen LogP contribution in [-0.2, 0) is 9.59 Å². The van der Waals surface area contributed by atoms with Gasteiger partial charge >= 0.3 is 0 Å². The third-order valence-corrected chi connectivity index (χ3v) is 5.47. The zero-order valence-electron chi connectivity index (χ0n) is 18.6. The summed E-state index contributed by atoms with van der Waals surface area (Å²) in [5.41, 5.74) is 0.445. The number of benzene rings is 2. The van der Waals surface area contributed by atoms with E-state index < -0.39 is 23.5 Å². The second-order valence-corrected chi connectivity index (χ2v) is 7.36. The molecule has 0 bridgehead atoms. The van der Waals surface area contributed by atoms with Gasteiger partial charge in [-0.3, -0.25) is 14.5 Å². The number of ketones is 1. The summed E-state index contributed by atoms with van der Waals surface area (Å²) in [4.78, 5) is 27.8. The molecule has 0 saturated carbocycles. The van der Waals surface area contributed by atoms with Crippen LogP contribution in [-0.4, -0.2) is 38.1 Å². The van der Waals surface area contributed by atoms with Crippen molar-refractivity contribution in [2.75, 3.05) is 26.2 Å². The molecule has 1 aromatic heterocycles. The van der Waals surface area contributed by atoms with E-state index >= 15 is 0 Å². The third kappa shape index (κ3) is 3.69. The number of ether oxygens (including phenoxy) is 3. The standard InChI is InChI=1S/C25H23NO7/c1-14-11-12-19(33-14)22-21(23(27)20-17(31-3)9-6-10-18(20)32-4)24(28)25(29)26(22)15-7-5-8-16(13-15)30-2/h5-13,22,27H,1-4H3/b23-21+. The molecule has 1 aliphatic heterocycles.